The molecule has 1 spiro atoms. The molecule has 2 fully saturated rings. The number of thioether (sulfide) groups is 1. The molecule has 4 heteroatoms. The average Bonchev–Trinajstić information content (AvgIpc) is 2.56. The summed E-state index contributed by atoms with van der Waals surface area (Å²) in [6.07, 6.45) is 7.35. The molecule has 0 aromatic carbocycles. The molecule has 0 aromatic heterocycles. The van der Waals surface area contributed by atoms with Gasteiger partial charge >= 0.3 is 5.97 Å². The summed E-state index contributed by atoms with van der Waals surface area (Å²) in [6, 6.07) is -0.330. The summed E-state index contributed by atoms with van der Waals surface area (Å²) in [5.74, 6) is 0.887. The van der Waals surface area contributed by atoms with Crippen LogP contribution < -0.4 is 5.32 Å². The third-order valence-corrected chi connectivity index (χ3v) is 5.57. The van der Waals surface area contributed by atoms with Crippen LogP contribution in [0.15, 0.2) is 0 Å². The van der Waals surface area contributed by atoms with E-state index in [9.17, 15) is 4.79 Å². The monoisotopic (exact) mass is 243 g/mol. The summed E-state index contributed by atoms with van der Waals surface area (Å²) >= 11 is 1.84. The van der Waals surface area contributed by atoms with Crippen LogP contribution in [0.5, 0.6) is 0 Å². The smallest absolute Gasteiger partial charge is 0.321 e. The molecule has 0 amide bonds. The molecule has 1 heterocycles. The van der Waals surface area contributed by atoms with E-state index in [1.54, 1.807) is 0 Å². The second kappa shape index (κ2) is 4.96. The van der Waals surface area contributed by atoms with E-state index in [2.05, 4.69) is 12.2 Å². The lowest BCUT2D eigenvalue weighted by molar-refractivity contribution is -0.138. The number of carboxylic acid groups (broad SMARTS) is 1. The van der Waals surface area contributed by atoms with Crippen molar-refractivity contribution in [2.24, 2.45) is 5.92 Å². The molecular weight excluding hydrogens is 222 g/mol. The number of nitrogens with one attached hydrogen (secondary N) is 1. The van der Waals surface area contributed by atoms with Crippen molar-refractivity contribution in [1.82, 2.24) is 5.32 Å². The van der Waals surface area contributed by atoms with Gasteiger partial charge in [-0.25, -0.2) is 0 Å². The summed E-state index contributed by atoms with van der Waals surface area (Å²) in [5, 5.41) is 12.4. The molecule has 2 N–H and O–H groups in total. The molecule has 1 saturated heterocycles. The normalized spacial score (nSPS) is 39.8. The van der Waals surface area contributed by atoms with Gasteiger partial charge in [0, 0.05) is 5.75 Å². The maximum atomic E-state index is 11.0. The Balaban J connectivity index is 1.96. The fourth-order valence-corrected chi connectivity index (χ4v) is 4.34. The molecule has 1 aliphatic carbocycles. The number of rotatable bonds is 2. The molecule has 92 valence electrons. The molecule has 3 atom stereocenters. The van der Waals surface area contributed by atoms with Gasteiger partial charge in [0.1, 0.15) is 6.04 Å². The maximum Gasteiger partial charge on any atom is 0.321 e. The molecule has 2 rings (SSSR count). The third kappa shape index (κ3) is 2.54. The standard InChI is InChI=1S/C12H21NO2S/c1-2-9-4-3-6-12(7-5-9)13-10(8-16-12)11(14)15/h9-10,13H,2-8H2,1H3,(H,14,15)/t9?,10-,12?/m0/s1. The van der Waals surface area contributed by atoms with Crippen LogP contribution >= 0.6 is 11.8 Å². The Morgan fingerprint density at radius 2 is 2.31 bits per heavy atom. The molecule has 0 bridgehead atoms. The highest BCUT2D eigenvalue weighted by Gasteiger charge is 2.42. The van der Waals surface area contributed by atoms with Crippen LogP contribution in [0.4, 0.5) is 0 Å². The highest BCUT2D eigenvalue weighted by atomic mass is 32.2. The topological polar surface area (TPSA) is 49.3 Å². The van der Waals surface area contributed by atoms with Gasteiger partial charge in [0.05, 0.1) is 4.87 Å². The van der Waals surface area contributed by atoms with E-state index in [-0.39, 0.29) is 10.9 Å². The summed E-state index contributed by atoms with van der Waals surface area (Å²) in [7, 11) is 0. The van der Waals surface area contributed by atoms with E-state index in [1.807, 2.05) is 11.8 Å². The molecule has 0 aromatic rings. The van der Waals surface area contributed by atoms with Crippen LogP contribution in [0, 0.1) is 5.92 Å². The van der Waals surface area contributed by atoms with Crippen molar-refractivity contribution >= 4 is 17.7 Å². The quantitative estimate of drug-likeness (QED) is 0.782. The van der Waals surface area contributed by atoms with Crippen molar-refractivity contribution in [3.8, 4) is 0 Å². The zero-order valence-corrected chi connectivity index (χ0v) is 10.7. The van der Waals surface area contributed by atoms with Crippen molar-refractivity contribution < 1.29 is 9.90 Å². The van der Waals surface area contributed by atoms with E-state index < -0.39 is 5.97 Å². The largest absolute Gasteiger partial charge is 0.480 e. The summed E-state index contributed by atoms with van der Waals surface area (Å²) in [5.41, 5.74) is 0. The summed E-state index contributed by atoms with van der Waals surface area (Å²) in [4.78, 5) is 11.0. The molecular formula is C12H21NO2S. The fraction of sp³-hybridized carbons (Fsp3) is 0.917. The SMILES string of the molecule is CCC1CCCC2(CC1)N[C@H](C(=O)O)CS2. The van der Waals surface area contributed by atoms with E-state index in [4.69, 9.17) is 5.11 Å². The van der Waals surface area contributed by atoms with Crippen molar-refractivity contribution in [3.05, 3.63) is 0 Å². The minimum absolute atomic E-state index is 0.0764. The van der Waals surface area contributed by atoms with E-state index in [0.717, 1.165) is 24.5 Å². The van der Waals surface area contributed by atoms with Crippen molar-refractivity contribution in [3.63, 3.8) is 0 Å². The van der Waals surface area contributed by atoms with Crippen LogP contribution in [-0.2, 0) is 4.79 Å². The Morgan fingerprint density at radius 1 is 1.50 bits per heavy atom. The number of aliphatic carboxylic acids is 1. The second-order valence-electron chi connectivity index (χ2n) is 5.05. The third-order valence-electron chi connectivity index (χ3n) is 3.99. The van der Waals surface area contributed by atoms with Gasteiger partial charge in [0.15, 0.2) is 0 Å². The van der Waals surface area contributed by atoms with Gasteiger partial charge in [-0.05, 0) is 25.2 Å². The lowest BCUT2D eigenvalue weighted by Crippen LogP contribution is -2.44. The molecule has 1 saturated carbocycles. The van der Waals surface area contributed by atoms with Gasteiger partial charge in [-0.1, -0.05) is 26.2 Å². The van der Waals surface area contributed by atoms with Gasteiger partial charge in [-0.3, -0.25) is 10.1 Å². The van der Waals surface area contributed by atoms with Crippen molar-refractivity contribution in [2.45, 2.75) is 56.4 Å². The number of carboxylic acids is 1. The number of hydrogen-bond acceptors (Lipinski definition) is 3. The fourth-order valence-electron chi connectivity index (χ4n) is 2.86. The van der Waals surface area contributed by atoms with Crippen LogP contribution in [0.3, 0.4) is 0 Å². The van der Waals surface area contributed by atoms with E-state index in [0.29, 0.717) is 0 Å². The first-order chi connectivity index (χ1) is 7.65. The maximum absolute atomic E-state index is 11.0. The number of carbonyl (C=O) groups is 1. The Hall–Kier alpha value is -0.220. The van der Waals surface area contributed by atoms with Gasteiger partial charge < -0.3 is 5.11 Å². The predicted molar refractivity (Wildman–Crippen MR) is 66.6 cm³/mol. The Kier molecular flexibility index (Phi) is 3.80. The molecule has 1 aliphatic heterocycles. The van der Waals surface area contributed by atoms with Crippen molar-refractivity contribution in [2.75, 3.05) is 5.75 Å². The van der Waals surface area contributed by atoms with Crippen LogP contribution in [0.1, 0.15) is 45.4 Å². The van der Waals surface area contributed by atoms with E-state index >= 15 is 0 Å². The number of hydrogen-bond donors (Lipinski definition) is 2. The summed E-state index contributed by atoms with van der Waals surface area (Å²) < 4.78 is 0. The average molecular weight is 243 g/mol. The highest BCUT2D eigenvalue weighted by molar-refractivity contribution is 8.00. The minimum atomic E-state index is -0.694. The predicted octanol–water partition coefficient (Wildman–Crippen LogP) is 2.46. The first-order valence-electron chi connectivity index (χ1n) is 6.30. The van der Waals surface area contributed by atoms with Crippen molar-refractivity contribution in [1.29, 1.82) is 0 Å². The molecule has 2 aliphatic rings. The van der Waals surface area contributed by atoms with Crippen LogP contribution in [-0.4, -0.2) is 27.7 Å². The lowest BCUT2D eigenvalue weighted by Gasteiger charge is -2.27. The first-order valence-corrected chi connectivity index (χ1v) is 7.28. The Labute approximate surface area is 101 Å². The van der Waals surface area contributed by atoms with Gasteiger partial charge in [0.25, 0.3) is 0 Å². The zero-order valence-electron chi connectivity index (χ0n) is 9.87. The Bertz CT molecular complexity index is 272. The van der Waals surface area contributed by atoms with Gasteiger partial charge in [0.2, 0.25) is 0 Å². The lowest BCUT2D eigenvalue weighted by atomic mass is 9.97. The zero-order chi connectivity index (χ0) is 11.6. The Morgan fingerprint density at radius 3 is 2.94 bits per heavy atom. The molecule has 3 nitrogen and oxygen atoms in total. The van der Waals surface area contributed by atoms with Gasteiger partial charge in [-0.15, -0.1) is 11.8 Å². The first kappa shape index (κ1) is 12.2. The van der Waals surface area contributed by atoms with Gasteiger partial charge in [-0.2, -0.15) is 0 Å². The molecule has 0 radical (unpaired) electrons. The highest BCUT2D eigenvalue weighted by Crippen LogP contribution is 2.43. The minimum Gasteiger partial charge on any atom is -0.480 e. The van der Waals surface area contributed by atoms with Crippen LogP contribution in [0.25, 0.3) is 0 Å². The molecule has 2 unspecified atom stereocenters. The second-order valence-corrected chi connectivity index (χ2v) is 6.45. The van der Waals surface area contributed by atoms with Crippen LogP contribution in [0.2, 0.25) is 0 Å². The summed E-state index contributed by atoms with van der Waals surface area (Å²) in [6.45, 7) is 2.26. The molecule has 16 heavy (non-hydrogen) atoms. The van der Waals surface area contributed by atoms with E-state index in [1.165, 1.54) is 25.7 Å².